The molecule has 24 N–H and O–H groups in total. The molecule has 0 saturated carbocycles. The Kier molecular flexibility index (Phi) is 27.2. The Balaban J connectivity index is 1.20. The summed E-state index contributed by atoms with van der Waals surface area (Å²) in [7, 11) is 0. The number of rotatable bonds is 36. The molecule has 30 heteroatoms. The van der Waals surface area contributed by atoms with Crippen LogP contribution in [0.4, 0.5) is 0 Å². The normalized spacial score (nSPS) is 15.1. The number of carboxylic acid groups (broad SMARTS) is 1. The number of aromatic nitrogens is 2. The van der Waals surface area contributed by atoms with E-state index < -0.39 is 126 Å². The second kappa shape index (κ2) is 35.1. The number of guanidine groups is 1. The van der Waals surface area contributed by atoms with E-state index in [-0.39, 0.29) is 75.5 Å². The number of aliphatic carboxylic acids is 1. The molecule has 0 fully saturated rings. The minimum Gasteiger partial charge on any atom is -0.508 e. The van der Waals surface area contributed by atoms with Crippen LogP contribution in [0.15, 0.2) is 114 Å². The van der Waals surface area contributed by atoms with Crippen LogP contribution in [-0.2, 0) is 68.8 Å². The van der Waals surface area contributed by atoms with Crippen molar-refractivity contribution in [3.63, 3.8) is 0 Å². The second-order valence-electron chi connectivity index (χ2n) is 23.0. The third kappa shape index (κ3) is 21.5. The van der Waals surface area contributed by atoms with Gasteiger partial charge in [0.25, 0.3) is 0 Å². The smallest absolute Gasteiger partial charge is 0.326 e. The lowest BCUT2D eigenvalue weighted by Gasteiger charge is -2.30. The summed E-state index contributed by atoms with van der Waals surface area (Å²) in [4.78, 5) is 137. The molecule has 0 aliphatic rings. The van der Waals surface area contributed by atoms with Crippen molar-refractivity contribution in [1.82, 2.24) is 52.5 Å². The number of aliphatic hydroxyl groups excluding tert-OH is 3. The van der Waals surface area contributed by atoms with Gasteiger partial charge >= 0.3 is 5.97 Å². The molecule has 0 bridgehead atoms. The van der Waals surface area contributed by atoms with Gasteiger partial charge in [-0.15, -0.1) is 0 Å². The van der Waals surface area contributed by atoms with E-state index in [9.17, 15) is 73.8 Å². The zero-order chi connectivity index (χ0) is 68.8. The van der Waals surface area contributed by atoms with E-state index in [2.05, 4.69) is 57.5 Å². The third-order valence-electron chi connectivity index (χ3n) is 15.5. The van der Waals surface area contributed by atoms with Crippen molar-refractivity contribution in [2.24, 2.45) is 27.9 Å². The van der Waals surface area contributed by atoms with Crippen molar-refractivity contribution >= 4 is 81.0 Å². The number of benzene rings is 4. The predicted octanol–water partition coefficient (Wildman–Crippen LogP) is -2.05. The highest BCUT2D eigenvalue weighted by atomic mass is 16.4. The topological polar surface area (TPSA) is 519 Å². The molecule has 30 nitrogen and oxygen atoms in total. The molecule has 0 spiro atoms. The number of nitrogens with two attached hydrogens (primary N) is 4. The fraction of sp³-hybridized carbons (Fsp3) is 0.406. The summed E-state index contributed by atoms with van der Waals surface area (Å²) in [5, 5.41) is 84.9. The molecule has 0 saturated heterocycles. The zero-order valence-electron chi connectivity index (χ0n) is 52.2. The number of aromatic amines is 2. The fourth-order valence-electron chi connectivity index (χ4n) is 10.3. The largest absolute Gasteiger partial charge is 0.508 e. The number of carbonyl (C=O) groups excluding carboxylic acids is 8. The van der Waals surface area contributed by atoms with E-state index in [1.807, 2.05) is 6.07 Å². The molecule has 12 atom stereocenters. The van der Waals surface area contributed by atoms with Crippen LogP contribution in [0.2, 0.25) is 0 Å². The van der Waals surface area contributed by atoms with Crippen molar-refractivity contribution in [3.8, 4) is 11.5 Å². The fourth-order valence-corrected chi connectivity index (χ4v) is 10.3. The Bertz CT molecular complexity index is 3590. The molecule has 2 aromatic heterocycles. The number of fused-ring (bicyclic) bond motifs is 2. The molecule has 0 aliphatic carbocycles. The van der Waals surface area contributed by atoms with Gasteiger partial charge in [0, 0.05) is 66.4 Å². The minimum absolute atomic E-state index is 0.0837. The Morgan fingerprint density at radius 2 is 0.830 bits per heavy atom. The lowest BCUT2D eigenvalue weighted by molar-refractivity contribution is -0.142. The van der Waals surface area contributed by atoms with Gasteiger partial charge in [0.15, 0.2) is 5.96 Å². The van der Waals surface area contributed by atoms with Crippen molar-refractivity contribution < 1.29 is 73.8 Å². The Morgan fingerprint density at radius 1 is 0.457 bits per heavy atom. The molecule has 6 rings (SSSR count). The zero-order valence-corrected chi connectivity index (χ0v) is 52.2. The number of hydrogen-bond donors (Lipinski definition) is 20. The van der Waals surface area contributed by atoms with Gasteiger partial charge in [-0.2, -0.15) is 0 Å². The predicted molar refractivity (Wildman–Crippen MR) is 347 cm³/mol. The molecular formula is C64H85N15O15. The number of hydrogen-bond acceptors (Lipinski definition) is 17. The standard InChI is InChI=1S/C64H85N15O15/c1-33(80)52(78-59(89)49(28-37-19-23-41(84)24-20-37)73-55(85)44(66)13-10-26-69-64(67)68)60(90)72-47(16-8-9-25-65)56(86)77-54(35(3)82)62(92)79-53(34(2)81)61(91)75-48(27-36-17-21-40(83)22-18-36)57(87)74-50(29-38-31-70-45-14-6-4-11-42(38)45)58(88)76-51(63(93)94)30-39-32-71-46-15-7-5-12-43(39)46/h4-7,11-12,14-15,17-24,31-35,44,47-54,70-71,80-84H,8-10,13,16,25-30,65-66H2,1-3H3,(H,72,90)(H,73,85)(H,74,87)(H,75,91)(H,76,88)(H,77,86)(H,78,89)(H,79,92)(H,93,94)(H4,67,68,69)/t33-,34-,35-,44+,47+,48+,49+,50+,51+,52+,53+,54+/m1/s1. The van der Waals surface area contributed by atoms with E-state index in [4.69, 9.17) is 22.9 Å². The van der Waals surface area contributed by atoms with E-state index >= 15 is 0 Å². The van der Waals surface area contributed by atoms with E-state index in [0.29, 0.717) is 46.0 Å². The molecule has 8 amide bonds. The van der Waals surface area contributed by atoms with Gasteiger partial charge in [-0.3, -0.25) is 43.3 Å². The van der Waals surface area contributed by atoms with Crippen molar-refractivity contribution in [2.75, 3.05) is 13.1 Å². The number of H-pyrrole nitrogens is 2. The van der Waals surface area contributed by atoms with Gasteiger partial charge in [0.05, 0.1) is 24.4 Å². The van der Waals surface area contributed by atoms with Gasteiger partial charge in [-0.25, -0.2) is 4.79 Å². The number of carbonyl (C=O) groups is 9. The van der Waals surface area contributed by atoms with Crippen LogP contribution in [0.3, 0.4) is 0 Å². The van der Waals surface area contributed by atoms with E-state index in [1.165, 1.54) is 55.5 Å². The molecule has 0 unspecified atom stereocenters. The molecule has 4 aromatic carbocycles. The highest BCUT2D eigenvalue weighted by Crippen LogP contribution is 2.22. The summed E-state index contributed by atoms with van der Waals surface area (Å²) in [6.07, 6.45) is -1.93. The number of aliphatic hydroxyl groups is 3. The summed E-state index contributed by atoms with van der Waals surface area (Å²) in [5.41, 5.74) is 26.1. The molecule has 0 aliphatic heterocycles. The molecule has 94 heavy (non-hydrogen) atoms. The number of aromatic hydroxyl groups is 2. The van der Waals surface area contributed by atoms with Crippen molar-refractivity contribution in [1.29, 1.82) is 0 Å². The maximum Gasteiger partial charge on any atom is 0.326 e. The highest BCUT2D eigenvalue weighted by Gasteiger charge is 2.38. The maximum absolute atomic E-state index is 14.8. The molecule has 2 heterocycles. The van der Waals surface area contributed by atoms with Crippen LogP contribution in [-0.4, -0.2) is 186 Å². The first kappa shape index (κ1) is 72.9. The monoisotopic (exact) mass is 1300 g/mol. The maximum atomic E-state index is 14.8. The summed E-state index contributed by atoms with van der Waals surface area (Å²) in [5.74, 6) is -9.95. The number of phenols is 2. The number of unbranched alkanes of at least 4 members (excludes halogenated alkanes) is 1. The van der Waals surface area contributed by atoms with Gasteiger partial charge in [0.2, 0.25) is 47.3 Å². The Hall–Kier alpha value is -10.1. The highest BCUT2D eigenvalue weighted by molar-refractivity contribution is 5.99. The lowest BCUT2D eigenvalue weighted by Crippen LogP contribution is -2.64. The number of nitrogens with zero attached hydrogens (tertiary/aromatic N) is 1. The van der Waals surface area contributed by atoms with Crippen molar-refractivity contribution in [2.45, 2.75) is 151 Å². The average molecular weight is 1300 g/mol. The number of carboxylic acids is 1. The minimum atomic E-state index is -1.93. The quantitative estimate of drug-likeness (QED) is 0.0114. The average Bonchev–Trinajstić information content (AvgIpc) is 1.53. The van der Waals surface area contributed by atoms with Crippen LogP contribution in [0.25, 0.3) is 21.8 Å². The summed E-state index contributed by atoms with van der Waals surface area (Å²) >= 11 is 0. The van der Waals surface area contributed by atoms with E-state index in [1.54, 1.807) is 54.9 Å². The van der Waals surface area contributed by atoms with Crippen LogP contribution in [0, 0.1) is 0 Å². The summed E-state index contributed by atoms with van der Waals surface area (Å²) in [6.45, 7) is 3.75. The number of phenolic OH excluding ortho intramolecular Hbond substituents is 2. The number of aliphatic imine (C=N–C) groups is 1. The van der Waals surface area contributed by atoms with Gasteiger partial charge in [-0.1, -0.05) is 60.7 Å². The number of amides is 8. The summed E-state index contributed by atoms with van der Waals surface area (Å²) < 4.78 is 0. The van der Waals surface area contributed by atoms with Crippen LogP contribution < -0.4 is 65.5 Å². The molecular weight excluding hydrogens is 1220 g/mol. The lowest BCUT2D eigenvalue weighted by atomic mass is 10.00. The van der Waals surface area contributed by atoms with Gasteiger partial charge < -0.3 is 106 Å². The van der Waals surface area contributed by atoms with Gasteiger partial charge in [0.1, 0.15) is 59.8 Å². The first-order valence-electron chi connectivity index (χ1n) is 30.6. The summed E-state index contributed by atoms with van der Waals surface area (Å²) in [6, 6.07) is 11.2. The SMILES string of the molecule is C[C@@H](O)[C@H](NC(=O)[C@H](Cc1ccc(O)cc1)NC(=O)[C@@H](N)CCCN=C(N)N)C(=O)N[C@@H](CCCCN)C(=O)N[C@H](C(=O)N[C@H](C(=O)N[C@@H](Cc1ccc(O)cc1)C(=O)N[C@@H](Cc1c[nH]c2ccccc12)C(=O)N[C@@H](Cc1c[nH]c2ccccc12)C(=O)O)[C@@H](C)O)[C@@H](C)O. The Morgan fingerprint density at radius 3 is 1.28 bits per heavy atom. The number of para-hydroxylation sites is 2. The Labute approximate surface area is 540 Å². The van der Waals surface area contributed by atoms with Crippen LogP contribution >= 0.6 is 0 Å². The van der Waals surface area contributed by atoms with E-state index in [0.717, 1.165) is 24.8 Å². The number of nitrogens with one attached hydrogen (secondary N) is 10. The van der Waals surface area contributed by atoms with Crippen molar-refractivity contribution in [3.05, 3.63) is 132 Å². The van der Waals surface area contributed by atoms with Crippen LogP contribution in [0.1, 0.15) is 75.1 Å². The third-order valence-corrected chi connectivity index (χ3v) is 15.5. The second-order valence-corrected chi connectivity index (χ2v) is 23.0. The molecule has 0 radical (unpaired) electrons. The molecule has 6 aromatic rings. The first-order chi connectivity index (χ1) is 44.7. The van der Waals surface area contributed by atoms with Gasteiger partial charge in [-0.05, 0) is 118 Å². The van der Waals surface area contributed by atoms with Crippen LogP contribution in [0.5, 0.6) is 11.5 Å². The molecule has 506 valence electrons. The first-order valence-corrected chi connectivity index (χ1v) is 30.6.